The van der Waals surface area contributed by atoms with Gasteiger partial charge in [-0.05, 0) is 60.8 Å². The maximum absolute atomic E-state index is 2.81. The van der Waals surface area contributed by atoms with E-state index in [0.29, 0.717) is 12.1 Å². The highest BCUT2D eigenvalue weighted by molar-refractivity contribution is 5.75. The van der Waals surface area contributed by atoms with E-state index in [1.54, 1.807) is 11.1 Å². The van der Waals surface area contributed by atoms with Gasteiger partial charge in [0.2, 0.25) is 0 Å². The zero-order chi connectivity index (χ0) is 17.8. The zero-order valence-corrected chi connectivity index (χ0v) is 16.5. The van der Waals surface area contributed by atoms with Crippen molar-refractivity contribution in [2.75, 3.05) is 6.54 Å². The molecular formula is C24H35N. The van der Waals surface area contributed by atoms with E-state index in [2.05, 4.69) is 75.1 Å². The van der Waals surface area contributed by atoms with Crippen molar-refractivity contribution < 1.29 is 0 Å². The molecule has 0 aromatic heterocycles. The van der Waals surface area contributed by atoms with Crippen molar-refractivity contribution in [3.05, 3.63) is 53.6 Å². The number of rotatable bonds is 5. The first kappa shape index (κ1) is 18.5. The predicted molar refractivity (Wildman–Crippen MR) is 110 cm³/mol. The standard InChI is InChI=1S/C24H35N/c1-18(2)11-5-6-14-22-20-12-7-8-13-21(20)23-15-9-10-16-25(23)24(22)17-19(3)4/h5-8,12-14,18-19,23-24H,9-11,15-17H2,1-4H3/b6-5+,22-14-/t23-,24-/m0/s1. The zero-order valence-electron chi connectivity index (χ0n) is 16.5. The molecule has 2 aliphatic heterocycles. The van der Waals surface area contributed by atoms with Crippen molar-refractivity contribution in [1.82, 2.24) is 4.90 Å². The number of benzene rings is 1. The van der Waals surface area contributed by atoms with Gasteiger partial charge in [-0.15, -0.1) is 0 Å². The second-order valence-electron chi connectivity index (χ2n) is 8.66. The molecule has 1 nitrogen and oxygen atoms in total. The lowest BCUT2D eigenvalue weighted by molar-refractivity contribution is 0.103. The monoisotopic (exact) mass is 337 g/mol. The van der Waals surface area contributed by atoms with Gasteiger partial charge in [0.05, 0.1) is 0 Å². The van der Waals surface area contributed by atoms with Crippen LogP contribution in [-0.2, 0) is 0 Å². The summed E-state index contributed by atoms with van der Waals surface area (Å²) in [5.41, 5.74) is 4.61. The Labute approximate surface area is 154 Å². The van der Waals surface area contributed by atoms with Crippen LogP contribution in [0.2, 0.25) is 0 Å². The molecule has 1 fully saturated rings. The summed E-state index contributed by atoms with van der Waals surface area (Å²) in [5, 5.41) is 0. The molecule has 0 N–H and O–H groups in total. The summed E-state index contributed by atoms with van der Waals surface area (Å²) in [5.74, 6) is 1.45. The van der Waals surface area contributed by atoms with Crippen molar-refractivity contribution in [3.8, 4) is 0 Å². The van der Waals surface area contributed by atoms with Gasteiger partial charge in [-0.2, -0.15) is 0 Å². The molecule has 25 heavy (non-hydrogen) atoms. The molecular weight excluding hydrogens is 302 g/mol. The minimum absolute atomic E-state index is 0.573. The number of allylic oxidation sites excluding steroid dienone is 3. The van der Waals surface area contributed by atoms with Crippen LogP contribution in [0.5, 0.6) is 0 Å². The van der Waals surface area contributed by atoms with E-state index < -0.39 is 0 Å². The maximum atomic E-state index is 2.81. The normalized spacial score (nSPS) is 25.8. The fraction of sp³-hybridized carbons (Fsp3) is 0.583. The third kappa shape index (κ3) is 4.26. The van der Waals surface area contributed by atoms with Gasteiger partial charge in [0.15, 0.2) is 0 Å². The van der Waals surface area contributed by atoms with Crippen LogP contribution in [0.15, 0.2) is 42.5 Å². The molecule has 2 aliphatic rings. The van der Waals surface area contributed by atoms with Crippen molar-refractivity contribution >= 4 is 5.57 Å². The van der Waals surface area contributed by atoms with Crippen molar-refractivity contribution in [1.29, 1.82) is 0 Å². The van der Waals surface area contributed by atoms with Crippen LogP contribution in [0.3, 0.4) is 0 Å². The molecule has 0 radical (unpaired) electrons. The van der Waals surface area contributed by atoms with E-state index in [4.69, 9.17) is 0 Å². The summed E-state index contributed by atoms with van der Waals surface area (Å²) in [6, 6.07) is 10.4. The fourth-order valence-corrected chi connectivity index (χ4v) is 4.50. The van der Waals surface area contributed by atoms with Gasteiger partial charge in [-0.25, -0.2) is 0 Å². The lowest BCUT2D eigenvalue weighted by Crippen LogP contribution is -2.46. The molecule has 0 amide bonds. The summed E-state index contributed by atoms with van der Waals surface area (Å²) < 4.78 is 0. The molecule has 1 saturated heterocycles. The van der Waals surface area contributed by atoms with E-state index in [0.717, 1.165) is 18.3 Å². The fourth-order valence-electron chi connectivity index (χ4n) is 4.50. The van der Waals surface area contributed by atoms with Crippen LogP contribution in [0.25, 0.3) is 5.57 Å². The highest BCUT2D eigenvalue weighted by Gasteiger charge is 2.38. The molecule has 0 aliphatic carbocycles. The van der Waals surface area contributed by atoms with Crippen LogP contribution in [0, 0.1) is 11.8 Å². The first-order valence-corrected chi connectivity index (χ1v) is 10.3. The van der Waals surface area contributed by atoms with Crippen molar-refractivity contribution in [2.45, 2.75) is 71.9 Å². The van der Waals surface area contributed by atoms with E-state index in [-0.39, 0.29) is 0 Å². The molecule has 3 rings (SSSR count). The average Bonchev–Trinajstić information content (AvgIpc) is 2.60. The first-order valence-electron chi connectivity index (χ1n) is 10.3. The first-order chi connectivity index (χ1) is 12.1. The van der Waals surface area contributed by atoms with E-state index >= 15 is 0 Å². The predicted octanol–water partition coefficient (Wildman–Crippen LogP) is 6.63. The lowest BCUT2D eigenvalue weighted by Gasteiger charge is -2.48. The summed E-state index contributed by atoms with van der Waals surface area (Å²) in [7, 11) is 0. The van der Waals surface area contributed by atoms with E-state index in [9.17, 15) is 0 Å². The lowest BCUT2D eigenvalue weighted by atomic mass is 9.78. The van der Waals surface area contributed by atoms with Gasteiger partial charge in [0.25, 0.3) is 0 Å². The Morgan fingerprint density at radius 3 is 2.64 bits per heavy atom. The van der Waals surface area contributed by atoms with E-state index in [1.807, 2.05) is 0 Å². The summed E-state index contributed by atoms with van der Waals surface area (Å²) in [6.07, 6.45) is 13.5. The van der Waals surface area contributed by atoms with Gasteiger partial charge in [-0.3, -0.25) is 4.90 Å². The van der Waals surface area contributed by atoms with Crippen LogP contribution in [0.4, 0.5) is 0 Å². The Bertz CT molecular complexity index is 623. The van der Waals surface area contributed by atoms with Gasteiger partial charge in [0, 0.05) is 12.1 Å². The maximum Gasteiger partial charge on any atom is 0.0362 e. The number of fused-ring (bicyclic) bond motifs is 3. The summed E-state index contributed by atoms with van der Waals surface area (Å²) >= 11 is 0. The van der Waals surface area contributed by atoms with Crippen molar-refractivity contribution in [2.24, 2.45) is 11.8 Å². The Balaban J connectivity index is 2.00. The SMILES string of the molecule is CC(C)C/C=C/C=C1/c2ccccc2[C@@H]2CCCCN2[C@H]1CC(C)C. The molecule has 0 spiro atoms. The number of hydrogen-bond acceptors (Lipinski definition) is 1. The van der Waals surface area contributed by atoms with E-state index in [1.165, 1.54) is 37.8 Å². The third-order valence-electron chi connectivity index (χ3n) is 5.65. The number of hydrogen-bond donors (Lipinski definition) is 0. The molecule has 1 heteroatoms. The minimum atomic E-state index is 0.573. The molecule has 1 aromatic carbocycles. The van der Waals surface area contributed by atoms with Crippen LogP contribution in [-0.4, -0.2) is 17.5 Å². The van der Waals surface area contributed by atoms with Crippen molar-refractivity contribution in [3.63, 3.8) is 0 Å². The highest BCUT2D eigenvalue weighted by atomic mass is 15.2. The molecule has 0 saturated carbocycles. The van der Waals surface area contributed by atoms with Gasteiger partial charge >= 0.3 is 0 Å². The molecule has 136 valence electrons. The Morgan fingerprint density at radius 1 is 1.08 bits per heavy atom. The Morgan fingerprint density at radius 2 is 1.88 bits per heavy atom. The second-order valence-corrected chi connectivity index (χ2v) is 8.66. The Hall–Kier alpha value is -1.34. The van der Waals surface area contributed by atoms with Crippen LogP contribution >= 0.6 is 0 Å². The molecule has 1 aromatic rings. The molecule has 2 atom stereocenters. The largest absolute Gasteiger partial charge is 0.289 e. The summed E-state index contributed by atoms with van der Waals surface area (Å²) in [6.45, 7) is 10.6. The number of nitrogens with zero attached hydrogens (tertiary/aromatic N) is 1. The quantitative estimate of drug-likeness (QED) is 0.583. The van der Waals surface area contributed by atoms with Crippen LogP contribution in [0.1, 0.15) is 77.0 Å². The Kier molecular flexibility index (Phi) is 6.17. The molecule has 2 heterocycles. The smallest absolute Gasteiger partial charge is 0.0362 e. The molecule has 0 unspecified atom stereocenters. The summed E-state index contributed by atoms with van der Waals surface area (Å²) in [4.78, 5) is 2.81. The van der Waals surface area contributed by atoms with Gasteiger partial charge in [0.1, 0.15) is 0 Å². The minimum Gasteiger partial charge on any atom is -0.289 e. The second kappa shape index (κ2) is 8.36. The topological polar surface area (TPSA) is 3.24 Å². The third-order valence-corrected chi connectivity index (χ3v) is 5.65. The van der Waals surface area contributed by atoms with Gasteiger partial charge in [-0.1, -0.05) is 76.6 Å². The average molecular weight is 338 g/mol. The molecule has 0 bridgehead atoms. The highest BCUT2D eigenvalue weighted by Crippen LogP contribution is 2.45. The van der Waals surface area contributed by atoms with Gasteiger partial charge < -0.3 is 0 Å². The van der Waals surface area contributed by atoms with Crippen LogP contribution < -0.4 is 0 Å². The number of piperidine rings is 1.